The molecule has 2 nitrogen and oxygen atoms in total. The van der Waals surface area contributed by atoms with Crippen molar-refractivity contribution in [2.45, 2.75) is 32.9 Å². The molecular formula is C12H19NO. The summed E-state index contributed by atoms with van der Waals surface area (Å²) in [7, 11) is 1.69. The maximum Gasteiger partial charge on any atom is 0.119 e. The fraction of sp³-hybridized carbons (Fsp3) is 0.500. The van der Waals surface area contributed by atoms with Gasteiger partial charge in [-0.15, -0.1) is 0 Å². The highest BCUT2D eigenvalue weighted by atomic mass is 16.5. The number of methoxy groups -OCH3 is 1. The molecule has 0 radical (unpaired) electrons. The standard InChI is InChI=1S/C12H19NO/c1-9(2)13-10(3)11-6-5-7-12(8-11)14-4/h5-10,13H,1-4H3/t10-/m1/s1. The van der Waals surface area contributed by atoms with E-state index in [4.69, 9.17) is 4.74 Å². The lowest BCUT2D eigenvalue weighted by atomic mass is 10.1. The van der Waals surface area contributed by atoms with Crippen LogP contribution in [0.2, 0.25) is 0 Å². The molecule has 78 valence electrons. The fourth-order valence-corrected chi connectivity index (χ4v) is 1.51. The van der Waals surface area contributed by atoms with Crippen molar-refractivity contribution in [3.05, 3.63) is 29.8 Å². The maximum atomic E-state index is 5.18. The predicted octanol–water partition coefficient (Wildman–Crippen LogP) is 2.75. The molecule has 1 N–H and O–H groups in total. The molecule has 1 aromatic carbocycles. The van der Waals surface area contributed by atoms with Gasteiger partial charge in [-0.25, -0.2) is 0 Å². The summed E-state index contributed by atoms with van der Waals surface area (Å²) in [5, 5.41) is 3.45. The van der Waals surface area contributed by atoms with Gasteiger partial charge >= 0.3 is 0 Å². The third kappa shape index (κ3) is 3.04. The van der Waals surface area contributed by atoms with Crippen molar-refractivity contribution in [1.82, 2.24) is 5.32 Å². The molecule has 0 amide bonds. The van der Waals surface area contributed by atoms with E-state index < -0.39 is 0 Å². The minimum atomic E-state index is 0.366. The van der Waals surface area contributed by atoms with Crippen molar-refractivity contribution < 1.29 is 4.74 Å². The van der Waals surface area contributed by atoms with Crippen molar-refractivity contribution in [2.24, 2.45) is 0 Å². The average molecular weight is 193 g/mol. The van der Waals surface area contributed by atoms with Gasteiger partial charge in [0.25, 0.3) is 0 Å². The summed E-state index contributed by atoms with van der Waals surface area (Å²) in [6, 6.07) is 9.03. The van der Waals surface area contributed by atoms with Crippen molar-refractivity contribution in [2.75, 3.05) is 7.11 Å². The highest BCUT2D eigenvalue weighted by Crippen LogP contribution is 2.18. The van der Waals surface area contributed by atoms with E-state index >= 15 is 0 Å². The number of hydrogen-bond donors (Lipinski definition) is 1. The van der Waals surface area contributed by atoms with Crippen LogP contribution >= 0.6 is 0 Å². The van der Waals surface area contributed by atoms with E-state index in [9.17, 15) is 0 Å². The largest absolute Gasteiger partial charge is 0.497 e. The van der Waals surface area contributed by atoms with Crippen LogP contribution in [0.4, 0.5) is 0 Å². The van der Waals surface area contributed by atoms with Gasteiger partial charge in [0.15, 0.2) is 0 Å². The summed E-state index contributed by atoms with van der Waals surface area (Å²) in [6.45, 7) is 6.46. The number of nitrogens with one attached hydrogen (secondary N) is 1. The van der Waals surface area contributed by atoms with Crippen molar-refractivity contribution in [1.29, 1.82) is 0 Å². The van der Waals surface area contributed by atoms with E-state index in [2.05, 4.69) is 38.2 Å². The molecule has 0 heterocycles. The molecule has 0 aromatic heterocycles. The van der Waals surface area contributed by atoms with Gasteiger partial charge in [0.1, 0.15) is 5.75 Å². The smallest absolute Gasteiger partial charge is 0.119 e. The van der Waals surface area contributed by atoms with Crippen LogP contribution in [0.3, 0.4) is 0 Å². The maximum absolute atomic E-state index is 5.18. The molecule has 0 saturated carbocycles. The number of ether oxygens (including phenoxy) is 1. The third-order valence-corrected chi connectivity index (χ3v) is 2.18. The summed E-state index contributed by atoms with van der Waals surface area (Å²) in [6.07, 6.45) is 0. The Hall–Kier alpha value is -1.02. The molecule has 0 fully saturated rings. The lowest BCUT2D eigenvalue weighted by molar-refractivity contribution is 0.412. The average Bonchev–Trinajstić information content (AvgIpc) is 2.17. The van der Waals surface area contributed by atoms with E-state index in [0.717, 1.165) is 5.75 Å². The molecule has 0 bridgehead atoms. The van der Waals surface area contributed by atoms with Gasteiger partial charge in [-0.05, 0) is 24.6 Å². The fourth-order valence-electron chi connectivity index (χ4n) is 1.51. The van der Waals surface area contributed by atoms with E-state index in [-0.39, 0.29) is 0 Å². The van der Waals surface area contributed by atoms with Crippen LogP contribution < -0.4 is 10.1 Å². The Bertz CT molecular complexity index is 283. The Labute approximate surface area is 86.3 Å². The van der Waals surface area contributed by atoms with Crippen LogP contribution in [-0.2, 0) is 0 Å². The van der Waals surface area contributed by atoms with Crippen molar-refractivity contribution in [3.63, 3.8) is 0 Å². The summed E-state index contributed by atoms with van der Waals surface area (Å²) in [4.78, 5) is 0. The zero-order chi connectivity index (χ0) is 10.6. The first-order chi connectivity index (χ1) is 6.63. The highest BCUT2D eigenvalue weighted by molar-refractivity contribution is 5.30. The van der Waals surface area contributed by atoms with Gasteiger partial charge in [-0.2, -0.15) is 0 Å². The van der Waals surface area contributed by atoms with Gasteiger partial charge in [0, 0.05) is 12.1 Å². The van der Waals surface area contributed by atoms with Gasteiger partial charge < -0.3 is 10.1 Å². The van der Waals surface area contributed by atoms with E-state index in [1.54, 1.807) is 7.11 Å². The summed E-state index contributed by atoms with van der Waals surface area (Å²) in [5.41, 5.74) is 1.26. The van der Waals surface area contributed by atoms with Crippen LogP contribution in [-0.4, -0.2) is 13.2 Å². The summed E-state index contributed by atoms with van der Waals surface area (Å²) < 4.78 is 5.18. The van der Waals surface area contributed by atoms with Gasteiger partial charge in [-0.1, -0.05) is 26.0 Å². The molecule has 14 heavy (non-hydrogen) atoms. The Kier molecular flexibility index (Phi) is 3.96. The van der Waals surface area contributed by atoms with E-state index in [0.29, 0.717) is 12.1 Å². The Balaban J connectivity index is 2.73. The van der Waals surface area contributed by atoms with Crippen LogP contribution in [0.15, 0.2) is 24.3 Å². The second-order valence-corrected chi connectivity index (χ2v) is 3.82. The van der Waals surface area contributed by atoms with E-state index in [1.807, 2.05) is 12.1 Å². The highest BCUT2D eigenvalue weighted by Gasteiger charge is 2.06. The molecule has 0 aliphatic carbocycles. The molecule has 0 aliphatic heterocycles. The zero-order valence-corrected chi connectivity index (χ0v) is 9.37. The minimum absolute atomic E-state index is 0.366. The van der Waals surface area contributed by atoms with Crippen molar-refractivity contribution >= 4 is 0 Å². The number of rotatable bonds is 4. The van der Waals surface area contributed by atoms with Crippen LogP contribution in [0.1, 0.15) is 32.4 Å². The first-order valence-electron chi connectivity index (χ1n) is 5.03. The Morgan fingerprint density at radius 1 is 1.21 bits per heavy atom. The molecular weight excluding hydrogens is 174 g/mol. The molecule has 1 aromatic rings. The lowest BCUT2D eigenvalue weighted by Gasteiger charge is -2.17. The Morgan fingerprint density at radius 3 is 2.50 bits per heavy atom. The molecule has 1 rings (SSSR count). The van der Waals surface area contributed by atoms with E-state index in [1.165, 1.54) is 5.56 Å². The third-order valence-electron chi connectivity index (χ3n) is 2.18. The van der Waals surface area contributed by atoms with Crippen LogP contribution in [0.25, 0.3) is 0 Å². The molecule has 0 aliphatic rings. The SMILES string of the molecule is COc1cccc([C@@H](C)NC(C)C)c1. The first kappa shape index (κ1) is 11.1. The van der Waals surface area contributed by atoms with Crippen LogP contribution in [0.5, 0.6) is 5.75 Å². The summed E-state index contributed by atoms with van der Waals surface area (Å²) in [5.74, 6) is 0.917. The monoisotopic (exact) mass is 193 g/mol. The first-order valence-corrected chi connectivity index (χ1v) is 5.03. The molecule has 0 spiro atoms. The normalized spacial score (nSPS) is 12.9. The van der Waals surface area contributed by atoms with Crippen molar-refractivity contribution in [3.8, 4) is 5.75 Å². The topological polar surface area (TPSA) is 21.3 Å². The molecule has 1 atom stereocenters. The van der Waals surface area contributed by atoms with Crippen LogP contribution in [0, 0.1) is 0 Å². The van der Waals surface area contributed by atoms with Gasteiger partial charge in [0.2, 0.25) is 0 Å². The lowest BCUT2D eigenvalue weighted by Crippen LogP contribution is -2.25. The summed E-state index contributed by atoms with van der Waals surface area (Å²) >= 11 is 0. The second-order valence-electron chi connectivity index (χ2n) is 3.82. The predicted molar refractivity (Wildman–Crippen MR) is 59.7 cm³/mol. The minimum Gasteiger partial charge on any atom is -0.497 e. The molecule has 0 saturated heterocycles. The second kappa shape index (κ2) is 5.01. The zero-order valence-electron chi connectivity index (χ0n) is 9.37. The number of benzene rings is 1. The quantitative estimate of drug-likeness (QED) is 0.794. The molecule has 0 unspecified atom stereocenters. The van der Waals surface area contributed by atoms with Gasteiger partial charge in [0.05, 0.1) is 7.11 Å². The number of hydrogen-bond acceptors (Lipinski definition) is 2. The van der Waals surface area contributed by atoms with Gasteiger partial charge in [-0.3, -0.25) is 0 Å². The Morgan fingerprint density at radius 2 is 1.93 bits per heavy atom. The molecule has 2 heteroatoms.